The molecular weight excluding hydrogens is 464 g/mol. The van der Waals surface area contributed by atoms with Gasteiger partial charge in [0.05, 0.1) is 24.9 Å². The molecule has 2 atom stereocenters. The van der Waals surface area contributed by atoms with Gasteiger partial charge < -0.3 is 19.5 Å². The van der Waals surface area contributed by atoms with Gasteiger partial charge in [-0.25, -0.2) is 0 Å². The van der Waals surface area contributed by atoms with Crippen LogP contribution < -0.4 is 10.1 Å². The quantitative estimate of drug-likeness (QED) is 0.307. The molecule has 5 nitrogen and oxygen atoms in total. The number of nitrogens with one attached hydrogen (secondary N) is 1. The van der Waals surface area contributed by atoms with Crippen molar-refractivity contribution in [3.05, 3.63) is 113 Å². The molecule has 1 N–H and O–H groups in total. The molecule has 1 aliphatic rings. The molecule has 0 amide bonds. The molecule has 0 spiro atoms. The molecular formula is C30H32N4OS. The minimum absolute atomic E-state index is 0.00404. The summed E-state index contributed by atoms with van der Waals surface area (Å²) in [5.41, 5.74) is 8.35. The fraction of sp³-hybridized carbons (Fsp3) is 0.267. The minimum atomic E-state index is -0.0478. The third kappa shape index (κ3) is 4.49. The molecule has 184 valence electrons. The van der Waals surface area contributed by atoms with Crippen molar-refractivity contribution in [1.82, 2.24) is 19.8 Å². The standard InChI is InChI=1S/C30H32N4OS/c1-5-22-9-13-24(14-10-22)34-20(2)18-26(21(34)3)29-28(27-8-6-7-17-31-27)32-30(36)33(29)19-23-11-15-25(35-4)16-12-23/h6-18,28-29H,5,19H2,1-4H3,(H,32,36). The van der Waals surface area contributed by atoms with E-state index in [1.165, 1.54) is 33.8 Å². The van der Waals surface area contributed by atoms with Crippen LogP contribution in [0.5, 0.6) is 5.75 Å². The highest BCUT2D eigenvalue weighted by Gasteiger charge is 2.41. The van der Waals surface area contributed by atoms with Crippen molar-refractivity contribution in [1.29, 1.82) is 0 Å². The van der Waals surface area contributed by atoms with E-state index in [4.69, 9.17) is 21.9 Å². The molecule has 0 saturated carbocycles. The Morgan fingerprint density at radius 3 is 2.33 bits per heavy atom. The van der Waals surface area contributed by atoms with Crippen molar-refractivity contribution in [3.63, 3.8) is 0 Å². The molecule has 0 radical (unpaired) electrons. The maximum Gasteiger partial charge on any atom is 0.170 e. The highest BCUT2D eigenvalue weighted by atomic mass is 32.1. The maximum atomic E-state index is 5.90. The van der Waals surface area contributed by atoms with Crippen LogP contribution in [0.2, 0.25) is 0 Å². The van der Waals surface area contributed by atoms with Crippen LogP contribution in [-0.4, -0.2) is 26.7 Å². The number of aromatic nitrogens is 2. The lowest BCUT2D eigenvalue weighted by Crippen LogP contribution is -2.29. The molecule has 2 aromatic heterocycles. The zero-order valence-electron chi connectivity index (χ0n) is 21.2. The summed E-state index contributed by atoms with van der Waals surface area (Å²) in [6.07, 6.45) is 2.88. The first kappa shape index (κ1) is 24.1. The average molecular weight is 497 g/mol. The predicted octanol–water partition coefficient (Wildman–Crippen LogP) is 6.23. The van der Waals surface area contributed by atoms with E-state index in [9.17, 15) is 0 Å². The average Bonchev–Trinajstić information content (AvgIpc) is 3.39. The number of methoxy groups -OCH3 is 1. The van der Waals surface area contributed by atoms with Gasteiger partial charge in [-0.1, -0.05) is 37.3 Å². The number of hydrogen-bond acceptors (Lipinski definition) is 3. The third-order valence-corrected chi connectivity index (χ3v) is 7.45. The van der Waals surface area contributed by atoms with Crippen molar-refractivity contribution < 1.29 is 4.74 Å². The molecule has 3 heterocycles. The minimum Gasteiger partial charge on any atom is -0.497 e. The molecule has 36 heavy (non-hydrogen) atoms. The molecule has 2 aromatic carbocycles. The Kier molecular flexibility index (Phi) is 6.79. The Hall–Kier alpha value is -3.64. The third-order valence-electron chi connectivity index (χ3n) is 7.10. The van der Waals surface area contributed by atoms with E-state index in [2.05, 4.69) is 84.1 Å². The number of thiocarbonyl (C=S) groups is 1. The lowest BCUT2D eigenvalue weighted by atomic mass is 9.96. The molecule has 1 aliphatic heterocycles. The second kappa shape index (κ2) is 10.2. The summed E-state index contributed by atoms with van der Waals surface area (Å²) in [5.74, 6) is 0.849. The van der Waals surface area contributed by atoms with Gasteiger partial charge in [0, 0.05) is 29.8 Å². The summed E-state index contributed by atoms with van der Waals surface area (Å²) in [7, 11) is 1.69. The Morgan fingerprint density at radius 1 is 0.972 bits per heavy atom. The van der Waals surface area contributed by atoms with Crippen LogP contribution in [0.25, 0.3) is 5.69 Å². The Balaban J connectivity index is 1.58. The van der Waals surface area contributed by atoms with Crippen molar-refractivity contribution in [2.45, 2.75) is 45.8 Å². The fourth-order valence-electron chi connectivity index (χ4n) is 5.21. The van der Waals surface area contributed by atoms with Crippen LogP contribution in [0.3, 0.4) is 0 Å². The molecule has 2 unspecified atom stereocenters. The van der Waals surface area contributed by atoms with Gasteiger partial charge >= 0.3 is 0 Å². The van der Waals surface area contributed by atoms with Gasteiger partial charge in [0.1, 0.15) is 5.75 Å². The number of nitrogens with zero attached hydrogens (tertiary/aromatic N) is 3. The van der Waals surface area contributed by atoms with Crippen LogP contribution in [0.1, 0.15) is 52.8 Å². The predicted molar refractivity (Wildman–Crippen MR) is 149 cm³/mol. The van der Waals surface area contributed by atoms with Crippen LogP contribution in [0.15, 0.2) is 79.0 Å². The lowest BCUT2D eigenvalue weighted by Gasteiger charge is -2.28. The summed E-state index contributed by atoms with van der Waals surface area (Å²) >= 11 is 5.90. The largest absolute Gasteiger partial charge is 0.497 e. The summed E-state index contributed by atoms with van der Waals surface area (Å²) < 4.78 is 7.70. The molecule has 4 aromatic rings. The second-order valence-corrected chi connectivity index (χ2v) is 9.67. The van der Waals surface area contributed by atoms with Crippen LogP contribution in [0, 0.1) is 13.8 Å². The van der Waals surface area contributed by atoms with Crippen molar-refractivity contribution in [2.75, 3.05) is 7.11 Å². The van der Waals surface area contributed by atoms with Gasteiger partial charge in [-0.05, 0) is 91.6 Å². The summed E-state index contributed by atoms with van der Waals surface area (Å²) in [6.45, 7) is 7.26. The smallest absolute Gasteiger partial charge is 0.170 e. The molecule has 6 heteroatoms. The molecule has 1 saturated heterocycles. The Bertz CT molecular complexity index is 1350. The maximum absolute atomic E-state index is 5.90. The zero-order valence-corrected chi connectivity index (χ0v) is 22.0. The Morgan fingerprint density at radius 2 is 1.69 bits per heavy atom. The van der Waals surface area contributed by atoms with Gasteiger partial charge in [0.25, 0.3) is 0 Å². The van der Waals surface area contributed by atoms with Gasteiger partial charge in [-0.2, -0.15) is 0 Å². The van der Waals surface area contributed by atoms with E-state index in [-0.39, 0.29) is 12.1 Å². The van der Waals surface area contributed by atoms with E-state index in [1.54, 1.807) is 7.11 Å². The number of aryl methyl sites for hydroxylation is 2. The lowest BCUT2D eigenvalue weighted by molar-refractivity contribution is 0.310. The van der Waals surface area contributed by atoms with Gasteiger partial charge in [0.15, 0.2) is 5.11 Å². The van der Waals surface area contributed by atoms with Crippen LogP contribution in [-0.2, 0) is 13.0 Å². The summed E-state index contributed by atoms with van der Waals surface area (Å²) in [4.78, 5) is 6.99. The van der Waals surface area contributed by atoms with Crippen molar-refractivity contribution >= 4 is 17.3 Å². The summed E-state index contributed by atoms with van der Waals surface area (Å²) in [6, 6.07) is 25.4. The van der Waals surface area contributed by atoms with E-state index >= 15 is 0 Å². The van der Waals surface area contributed by atoms with E-state index in [1.807, 2.05) is 30.5 Å². The normalized spacial score (nSPS) is 17.3. The monoisotopic (exact) mass is 496 g/mol. The number of benzene rings is 2. The van der Waals surface area contributed by atoms with Crippen LogP contribution in [0.4, 0.5) is 0 Å². The molecule has 1 fully saturated rings. The molecule has 0 bridgehead atoms. The van der Waals surface area contributed by atoms with Crippen LogP contribution >= 0.6 is 12.2 Å². The topological polar surface area (TPSA) is 42.3 Å². The first-order valence-corrected chi connectivity index (χ1v) is 12.8. The SMILES string of the molecule is CCc1ccc(-n2c(C)cc(C3C(c4ccccn4)NC(=S)N3Cc3ccc(OC)cc3)c2C)cc1. The first-order valence-electron chi connectivity index (χ1n) is 12.4. The van der Waals surface area contributed by atoms with E-state index in [0.717, 1.165) is 23.0 Å². The molecule has 5 rings (SSSR count). The van der Waals surface area contributed by atoms with Gasteiger partial charge in [-0.3, -0.25) is 4.98 Å². The number of ether oxygens (including phenoxy) is 1. The van der Waals surface area contributed by atoms with Gasteiger partial charge in [-0.15, -0.1) is 0 Å². The first-order chi connectivity index (χ1) is 17.5. The number of pyridine rings is 1. The highest BCUT2D eigenvalue weighted by Crippen LogP contribution is 2.42. The molecule has 0 aliphatic carbocycles. The van der Waals surface area contributed by atoms with Crippen molar-refractivity contribution in [3.8, 4) is 11.4 Å². The van der Waals surface area contributed by atoms with E-state index in [0.29, 0.717) is 6.54 Å². The zero-order chi connectivity index (χ0) is 25.2. The number of rotatable bonds is 7. The summed E-state index contributed by atoms with van der Waals surface area (Å²) in [5, 5.41) is 4.32. The second-order valence-electron chi connectivity index (χ2n) is 9.28. The Labute approximate surface area is 218 Å². The van der Waals surface area contributed by atoms with Crippen molar-refractivity contribution in [2.24, 2.45) is 0 Å². The fourth-order valence-corrected chi connectivity index (χ4v) is 5.51. The van der Waals surface area contributed by atoms with E-state index < -0.39 is 0 Å². The highest BCUT2D eigenvalue weighted by molar-refractivity contribution is 7.80. The number of hydrogen-bond donors (Lipinski definition) is 1. The van der Waals surface area contributed by atoms with Gasteiger partial charge in [0.2, 0.25) is 0 Å².